The zero-order valence-corrected chi connectivity index (χ0v) is 24.7. The first-order chi connectivity index (χ1) is 22.1. The molecule has 216 valence electrons. The fourth-order valence-corrected chi connectivity index (χ4v) is 9.21. The topological polar surface area (TPSA) is 54.5 Å². The zero-order valence-electron chi connectivity index (χ0n) is 24.7. The van der Waals surface area contributed by atoms with Crippen LogP contribution in [0.25, 0.3) is 21.5 Å². The van der Waals surface area contributed by atoms with Gasteiger partial charge in [-0.1, -0.05) is 134 Å². The van der Waals surface area contributed by atoms with E-state index in [9.17, 15) is 0 Å². The summed E-state index contributed by atoms with van der Waals surface area (Å²) in [6, 6.07) is 43.5. The quantitative estimate of drug-likeness (QED) is 0.159. The Hall–Kier alpha value is -5.35. The minimum atomic E-state index is -1.36. The summed E-state index contributed by atoms with van der Waals surface area (Å²) < 4.78 is 0. The molecule has 0 unspecified atom stereocenters. The number of carbonyl (C=O) groups excluding carboxylic acids is 3. The molecule has 0 spiro atoms. The lowest BCUT2D eigenvalue weighted by Crippen LogP contribution is -2.45. The van der Waals surface area contributed by atoms with Crippen LogP contribution in [-0.2, 0) is 31.6 Å². The van der Waals surface area contributed by atoms with Crippen molar-refractivity contribution in [2.45, 2.75) is 24.2 Å². The van der Waals surface area contributed by atoms with Crippen LogP contribution in [0.1, 0.15) is 34.7 Å². The molecule has 2 fully saturated rings. The van der Waals surface area contributed by atoms with Crippen LogP contribution in [0.15, 0.2) is 133 Å². The van der Waals surface area contributed by atoms with Crippen molar-refractivity contribution in [3.8, 4) is 0 Å². The van der Waals surface area contributed by atoms with E-state index in [4.69, 9.17) is 0 Å². The van der Waals surface area contributed by atoms with E-state index in [0.717, 1.165) is 49.4 Å². The summed E-state index contributed by atoms with van der Waals surface area (Å²) in [5.41, 5.74) is 2.07. The number of carbonyl (C=O) groups is 3. The van der Waals surface area contributed by atoms with Gasteiger partial charge in [-0.15, -0.1) is 0 Å². The minimum absolute atomic E-state index is 0.0796. The van der Waals surface area contributed by atoms with Crippen LogP contribution in [-0.4, -0.2) is 17.6 Å². The van der Waals surface area contributed by atoms with E-state index < -0.39 is 22.7 Å². The first-order valence-electron chi connectivity index (χ1n) is 15.6. The van der Waals surface area contributed by atoms with Crippen LogP contribution in [0.3, 0.4) is 0 Å². The Morgan fingerprint density at radius 3 is 1.38 bits per heavy atom. The minimum Gasteiger partial charge on any atom is -0.297 e. The number of benzene rings is 6. The van der Waals surface area contributed by atoms with Gasteiger partial charge in [-0.2, -0.15) is 0 Å². The Bertz CT molecular complexity index is 2110. The fourth-order valence-electron chi connectivity index (χ4n) is 9.21. The molecule has 4 atom stereocenters. The third-order valence-corrected chi connectivity index (χ3v) is 10.7. The number of fused-ring (bicyclic) bond motifs is 13. The smallest absolute Gasteiger partial charge is 0.239 e. The lowest BCUT2D eigenvalue weighted by molar-refractivity contribution is -0.130. The van der Waals surface area contributed by atoms with Gasteiger partial charge >= 0.3 is 0 Å². The van der Waals surface area contributed by atoms with Crippen LogP contribution >= 0.6 is 0 Å². The fraction of sp³-hybridized carbons (Fsp3) is 0.146. The first-order valence-corrected chi connectivity index (χ1v) is 15.6. The van der Waals surface area contributed by atoms with Gasteiger partial charge in [0.05, 0.1) is 28.4 Å². The molecule has 1 saturated carbocycles. The molecular formula is C41H29NO3. The molecular weight excluding hydrogens is 554 g/mol. The molecule has 6 aromatic rings. The van der Waals surface area contributed by atoms with E-state index in [1.54, 1.807) is 0 Å². The Morgan fingerprint density at radius 2 is 0.911 bits per heavy atom. The Balaban J connectivity index is 1.51. The number of rotatable bonds is 4. The lowest BCUT2D eigenvalue weighted by Gasteiger charge is -2.38. The molecule has 0 radical (unpaired) electrons. The molecule has 1 heterocycles. The van der Waals surface area contributed by atoms with Crippen molar-refractivity contribution in [2.75, 3.05) is 4.90 Å². The maximum absolute atomic E-state index is 15.9. The summed E-state index contributed by atoms with van der Waals surface area (Å²) in [4.78, 5) is 47.5. The van der Waals surface area contributed by atoms with Gasteiger partial charge in [-0.3, -0.25) is 14.4 Å². The van der Waals surface area contributed by atoms with Crippen LogP contribution in [0.4, 0.5) is 5.69 Å². The highest BCUT2D eigenvalue weighted by atomic mass is 16.2. The van der Waals surface area contributed by atoms with Crippen LogP contribution in [0.5, 0.6) is 0 Å². The molecule has 3 aliphatic rings. The average molecular weight is 584 g/mol. The number of para-hydroxylation sites is 1. The normalized spacial score (nSPS) is 24.9. The number of amides is 2. The molecule has 2 bridgehead atoms. The largest absolute Gasteiger partial charge is 0.297 e. The van der Waals surface area contributed by atoms with Gasteiger partial charge < -0.3 is 0 Å². The summed E-state index contributed by atoms with van der Waals surface area (Å²) >= 11 is 0. The molecule has 1 aliphatic heterocycles. The maximum atomic E-state index is 15.9. The number of ketones is 1. The molecule has 45 heavy (non-hydrogen) atoms. The van der Waals surface area contributed by atoms with Crippen molar-refractivity contribution in [1.29, 1.82) is 0 Å². The number of Topliss-reactive ketones (excluding diaryl/α,β-unsaturated/α-hetero) is 1. The molecule has 0 N–H and O–H groups in total. The molecule has 2 aliphatic carbocycles. The summed E-state index contributed by atoms with van der Waals surface area (Å²) in [6.45, 7) is 2.03. The second kappa shape index (κ2) is 9.09. The zero-order chi connectivity index (χ0) is 30.5. The number of nitrogens with zero attached hydrogens (tertiary/aromatic N) is 1. The third kappa shape index (κ3) is 2.91. The Kier molecular flexibility index (Phi) is 5.27. The van der Waals surface area contributed by atoms with Crippen LogP contribution in [0.2, 0.25) is 0 Å². The van der Waals surface area contributed by atoms with E-state index in [0.29, 0.717) is 12.1 Å². The van der Waals surface area contributed by atoms with E-state index >= 15 is 14.4 Å². The molecule has 4 heteroatoms. The number of hydrogen-bond acceptors (Lipinski definition) is 3. The highest BCUT2D eigenvalue weighted by molar-refractivity contribution is 6.34. The predicted octanol–water partition coefficient (Wildman–Crippen LogP) is 7.53. The highest BCUT2D eigenvalue weighted by Crippen LogP contribution is 2.72. The van der Waals surface area contributed by atoms with Crippen molar-refractivity contribution < 1.29 is 14.4 Å². The van der Waals surface area contributed by atoms with Crippen molar-refractivity contribution in [3.63, 3.8) is 0 Å². The number of hydrogen-bond donors (Lipinski definition) is 0. The molecule has 6 aromatic carbocycles. The van der Waals surface area contributed by atoms with Gasteiger partial charge in [0, 0.05) is 0 Å². The van der Waals surface area contributed by atoms with E-state index in [2.05, 4.69) is 24.3 Å². The van der Waals surface area contributed by atoms with Crippen molar-refractivity contribution in [1.82, 2.24) is 0 Å². The summed E-state index contributed by atoms with van der Waals surface area (Å²) in [5, 5.41) is 3.97. The summed E-state index contributed by atoms with van der Waals surface area (Å²) in [6.07, 6.45) is 0.671. The van der Waals surface area contributed by atoms with Gasteiger partial charge in [0.15, 0.2) is 5.78 Å². The highest BCUT2D eigenvalue weighted by Gasteiger charge is 2.82. The Labute approximate surface area is 260 Å². The molecule has 2 amide bonds. The van der Waals surface area contributed by atoms with E-state index in [1.165, 1.54) is 4.90 Å². The molecule has 4 nitrogen and oxygen atoms in total. The Morgan fingerprint density at radius 1 is 0.511 bits per heavy atom. The van der Waals surface area contributed by atoms with Gasteiger partial charge in [0.1, 0.15) is 0 Å². The summed E-state index contributed by atoms with van der Waals surface area (Å²) in [7, 11) is 0. The first kappa shape index (κ1) is 26.1. The predicted molar refractivity (Wildman–Crippen MR) is 176 cm³/mol. The standard InChI is InChI=1S/C41H29NO3/c1-2-25-15-9-14-24-32(25)42-37(43)35-36(38(42)44)41(27-18-7-4-8-19-27)34-31-23-13-11-21-29(31)28-20-10-12-22-30(28)33(34)40(35,39(41)45)26-16-5-3-6-17-26/h3-24,35-36H,2H2,1H3/t35-,36+,40+,41-. The molecule has 0 aromatic heterocycles. The third-order valence-electron chi connectivity index (χ3n) is 10.7. The summed E-state index contributed by atoms with van der Waals surface area (Å²) in [5.74, 6) is -2.49. The van der Waals surface area contributed by atoms with Crippen molar-refractivity contribution in [3.05, 3.63) is 161 Å². The lowest BCUT2D eigenvalue weighted by atomic mass is 9.59. The number of anilines is 1. The van der Waals surface area contributed by atoms with Crippen molar-refractivity contribution >= 4 is 44.8 Å². The van der Waals surface area contributed by atoms with E-state index in [1.807, 2.05) is 116 Å². The SMILES string of the molecule is CCc1ccccc1N1C(=O)[C@@H]2[C@H](C1=O)[C@@]1(c3ccccc3)C(=O)[C@]2(c2ccccc2)c2c1c1ccccc1c1ccccc21. The van der Waals surface area contributed by atoms with E-state index in [-0.39, 0.29) is 17.6 Å². The number of aryl methyl sites for hydroxylation is 1. The van der Waals surface area contributed by atoms with Gasteiger partial charge in [-0.25, -0.2) is 4.90 Å². The molecule has 9 rings (SSSR count). The van der Waals surface area contributed by atoms with Crippen molar-refractivity contribution in [2.24, 2.45) is 11.8 Å². The second-order valence-electron chi connectivity index (χ2n) is 12.5. The van der Waals surface area contributed by atoms with Gasteiger partial charge in [0.25, 0.3) is 0 Å². The van der Waals surface area contributed by atoms with Crippen LogP contribution in [0, 0.1) is 11.8 Å². The maximum Gasteiger partial charge on any atom is 0.239 e. The molecule has 1 saturated heterocycles. The van der Waals surface area contributed by atoms with Gasteiger partial charge in [-0.05, 0) is 61.8 Å². The monoisotopic (exact) mass is 583 g/mol. The van der Waals surface area contributed by atoms with Crippen LogP contribution < -0.4 is 4.90 Å². The second-order valence-corrected chi connectivity index (χ2v) is 12.5. The number of imide groups is 1. The average Bonchev–Trinajstić information content (AvgIpc) is 3.61. The van der Waals surface area contributed by atoms with Gasteiger partial charge in [0.2, 0.25) is 11.8 Å².